The van der Waals surface area contributed by atoms with Gasteiger partial charge >= 0.3 is 5.97 Å². The largest absolute Gasteiger partial charge is 0.466 e. The first-order valence-corrected chi connectivity index (χ1v) is 10.5. The lowest BCUT2D eigenvalue weighted by Gasteiger charge is -2.24. The molecule has 3 aromatic rings. The molecular weight excluding hydrogens is 400 g/mol. The van der Waals surface area contributed by atoms with Gasteiger partial charge in [-0.25, -0.2) is 9.79 Å². The van der Waals surface area contributed by atoms with Gasteiger partial charge in [-0.05, 0) is 32.4 Å². The van der Waals surface area contributed by atoms with Gasteiger partial charge in [-0.15, -0.1) is 0 Å². The standard InChI is InChI=1S/C22H22N4O3S/c1-5-25-14(3)16(12-23-25)11-17-20(27)26-19(15-9-7-6-8-10-15)18(21(28)29-4)13(2)24-22(26)30-17/h6-12,19H,5H2,1-4H3/b17-11-. The summed E-state index contributed by atoms with van der Waals surface area (Å²) in [5, 5.41) is 4.35. The predicted molar refractivity (Wildman–Crippen MR) is 115 cm³/mol. The maximum absolute atomic E-state index is 13.4. The Morgan fingerprint density at radius 2 is 2.00 bits per heavy atom. The molecule has 0 saturated carbocycles. The van der Waals surface area contributed by atoms with E-state index in [9.17, 15) is 9.59 Å². The number of ether oxygens (including phenoxy) is 1. The number of fused-ring (bicyclic) bond motifs is 1. The third-order valence-electron chi connectivity index (χ3n) is 5.27. The number of rotatable bonds is 4. The molecule has 1 aliphatic heterocycles. The number of aromatic nitrogens is 3. The average Bonchev–Trinajstić information content (AvgIpc) is 3.26. The van der Waals surface area contributed by atoms with E-state index in [0.29, 0.717) is 20.6 Å². The van der Waals surface area contributed by atoms with Crippen molar-refractivity contribution in [2.24, 2.45) is 4.99 Å². The summed E-state index contributed by atoms with van der Waals surface area (Å²) in [5.41, 5.74) is 3.45. The molecule has 30 heavy (non-hydrogen) atoms. The normalized spacial score (nSPS) is 16.4. The summed E-state index contributed by atoms with van der Waals surface area (Å²) in [6.45, 7) is 6.53. The van der Waals surface area contributed by atoms with Gasteiger partial charge in [0.05, 0.1) is 35.2 Å². The van der Waals surface area contributed by atoms with Crippen molar-refractivity contribution < 1.29 is 9.53 Å². The number of hydrogen-bond donors (Lipinski definition) is 0. The van der Waals surface area contributed by atoms with Gasteiger partial charge in [-0.1, -0.05) is 41.7 Å². The molecule has 0 fully saturated rings. The van der Waals surface area contributed by atoms with Crippen LogP contribution < -0.4 is 14.9 Å². The zero-order valence-electron chi connectivity index (χ0n) is 17.2. The molecular formula is C22H22N4O3S. The summed E-state index contributed by atoms with van der Waals surface area (Å²) in [4.78, 5) is 31.1. The molecule has 0 spiro atoms. The first kappa shape index (κ1) is 20.0. The molecule has 0 radical (unpaired) electrons. The molecule has 0 N–H and O–H groups in total. The molecule has 154 valence electrons. The van der Waals surface area contributed by atoms with E-state index < -0.39 is 12.0 Å². The van der Waals surface area contributed by atoms with E-state index in [1.807, 2.05) is 54.9 Å². The number of benzene rings is 1. The summed E-state index contributed by atoms with van der Waals surface area (Å²) in [6, 6.07) is 8.89. The van der Waals surface area contributed by atoms with Crippen molar-refractivity contribution in [2.45, 2.75) is 33.4 Å². The van der Waals surface area contributed by atoms with Crippen LogP contribution in [0.1, 0.15) is 36.7 Å². The molecule has 1 aliphatic rings. The number of carbonyl (C=O) groups is 1. The Morgan fingerprint density at radius 3 is 2.63 bits per heavy atom. The Kier molecular flexibility index (Phi) is 5.26. The molecule has 3 heterocycles. The van der Waals surface area contributed by atoms with Gasteiger partial charge in [0.15, 0.2) is 4.80 Å². The van der Waals surface area contributed by atoms with Crippen LogP contribution in [-0.4, -0.2) is 27.4 Å². The van der Waals surface area contributed by atoms with Gasteiger partial charge in [0.25, 0.3) is 5.56 Å². The molecule has 1 aromatic carbocycles. The van der Waals surface area contributed by atoms with Gasteiger partial charge in [-0.3, -0.25) is 14.0 Å². The van der Waals surface area contributed by atoms with Crippen LogP contribution in [0.15, 0.2) is 57.6 Å². The molecule has 4 rings (SSSR count). The van der Waals surface area contributed by atoms with Gasteiger partial charge in [0.2, 0.25) is 0 Å². The second-order valence-electron chi connectivity index (χ2n) is 6.99. The fraction of sp³-hybridized carbons (Fsp3) is 0.273. The topological polar surface area (TPSA) is 78.5 Å². The molecule has 0 amide bonds. The fourth-order valence-corrected chi connectivity index (χ4v) is 4.74. The lowest BCUT2D eigenvalue weighted by atomic mass is 9.96. The van der Waals surface area contributed by atoms with Crippen molar-refractivity contribution in [3.63, 3.8) is 0 Å². The van der Waals surface area contributed by atoms with Crippen LogP contribution in [0.4, 0.5) is 0 Å². The van der Waals surface area contributed by atoms with Crippen molar-refractivity contribution in [1.29, 1.82) is 0 Å². The van der Waals surface area contributed by atoms with Crippen LogP contribution in [0.5, 0.6) is 0 Å². The Balaban J connectivity index is 1.97. The molecule has 8 heteroatoms. The SMILES string of the molecule is CCn1ncc(/C=c2\sc3n(c2=O)C(c2ccccc2)C(C(=O)OC)=C(C)N=3)c1C. The molecule has 0 saturated heterocycles. The van der Waals surface area contributed by atoms with Crippen LogP contribution in [0, 0.1) is 6.92 Å². The van der Waals surface area contributed by atoms with E-state index in [1.165, 1.54) is 18.4 Å². The molecule has 1 unspecified atom stereocenters. The third kappa shape index (κ3) is 3.23. The summed E-state index contributed by atoms with van der Waals surface area (Å²) in [7, 11) is 1.34. The predicted octanol–water partition coefficient (Wildman–Crippen LogP) is 1.93. The minimum atomic E-state index is -0.587. The lowest BCUT2D eigenvalue weighted by molar-refractivity contribution is -0.136. The van der Waals surface area contributed by atoms with E-state index in [4.69, 9.17) is 4.74 Å². The monoisotopic (exact) mass is 422 g/mol. The van der Waals surface area contributed by atoms with Crippen molar-refractivity contribution >= 4 is 23.4 Å². The number of nitrogens with zero attached hydrogens (tertiary/aromatic N) is 4. The molecule has 0 aliphatic carbocycles. The van der Waals surface area contributed by atoms with Crippen LogP contribution in [0.25, 0.3) is 6.08 Å². The summed E-state index contributed by atoms with van der Waals surface area (Å²) in [5.74, 6) is -0.487. The van der Waals surface area contributed by atoms with E-state index in [-0.39, 0.29) is 5.56 Å². The highest BCUT2D eigenvalue weighted by Crippen LogP contribution is 2.30. The highest BCUT2D eigenvalue weighted by Gasteiger charge is 2.32. The minimum absolute atomic E-state index is 0.190. The highest BCUT2D eigenvalue weighted by atomic mass is 32.1. The van der Waals surface area contributed by atoms with Gasteiger partial charge in [-0.2, -0.15) is 5.10 Å². The maximum Gasteiger partial charge on any atom is 0.338 e. The fourth-order valence-electron chi connectivity index (χ4n) is 3.71. The number of hydrogen-bond acceptors (Lipinski definition) is 6. The summed E-state index contributed by atoms with van der Waals surface area (Å²) in [6.07, 6.45) is 3.61. The number of esters is 1. The Bertz CT molecular complexity index is 1330. The van der Waals surface area contributed by atoms with Gasteiger partial charge in [0.1, 0.15) is 0 Å². The van der Waals surface area contributed by atoms with E-state index >= 15 is 0 Å². The average molecular weight is 423 g/mol. The van der Waals surface area contributed by atoms with Crippen molar-refractivity contribution in [2.75, 3.05) is 7.11 Å². The van der Waals surface area contributed by atoms with Gasteiger partial charge < -0.3 is 4.74 Å². The number of aryl methyl sites for hydroxylation is 1. The van der Waals surface area contributed by atoms with Crippen molar-refractivity contribution in [3.8, 4) is 0 Å². The first-order chi connectivity index (χ1) is 14.5. The smallest absolute Gasteiger partial charge is 0.338 e. The summed E-state index contributed by atoms with van der Waals surface area (Å²) < 4.78 is 9.03. The van der Waals surface area contributed by atoms with E-state index in [0.717, 1.165) is 23.4 Å². The minimum Gasteiger partial charge on any atom is -0.466 e. The molecule has 2 aromatic heterocycles. The van der Waals surface area contributed by atoms with Crippen molar-refractivity contribution in [3.05, 3.63) is 84.3 Å². The second kappa shape index (κ2) is 7.87. The zero-order valence-corrected chi connectivity index (χ0v) is 18.1. The van der Waals surface area contributed by atoms with Crippen LogP contribution in [-0.2, 0) is 16.1 Å². The Labute approximate surface area is 177 Å². The molecule has 0 bridgehead atoms. The molecule has 1 atom stereocenters. The Hall–Kier alpha value is -3.26. The van der Waals surface area contributed by atoms with E-state index in [2.05, 4.69) is 10.1 Å². The zero-order chi connectivity index (χ0) is 21.4. The maximum atomic E-state index is 13.4. The van der Waals surface area contributed by atoms with Crippen LogP contribution in [0.3, 0.4) is 0 Å². The summed E-state index contributed by atoms with van der Waals surface area (Å²) >= 11 is 1.31. The molecule has 7 nitrogen and oxygen atoms in total. The van der Waals surface area contributed by atoms with E-state index in [1.54, 1.807) is 17.7 Å². The number of carbonyl (C=O) groups excluding carboxylic acids is 1. The number of thiazole rings is 1. The Morgan fingerprint density at radius 1 is 1.27 bits per heavy atom. The highest BCUT2D eigenvalue weighted by molar-refractivity contribution is 7.07. The number of methoxy groups -OCH3 is 1. The second-order valence-corrected chi connectivity index (χ2v) is 7.99. The van der Waals surface area contributed by atoms with Crippen molar-refractivity contribution in [1.82, 2.24) is 14.3 Å². The van der Waals surface area contributed by atoms with Crippen LogP contribution in [0.2, 0.25) is 0 Å². The number of allylic oxidation sites excluding steroid dienone is 1. The lowest BCUT2D eigenvalue weighted by Crippen LogP contribution is -2.39. The van der Waals surface area contributed by atoms with Crippen LogP contribution >= 0.6 is 11.3 Å². The van der Waals surface area contributed by atoms with Gasteiger partial charge in [0, 0.05) is 17.8 Å². The third-order valence-corrected chi connectivity index (χ3v) is 6.25. The first-order valence-electron chi connectivity index (χ1n) is 9.64. The quantitative estimate of drug-likeness (QED) is 0.602.